The fourth-order valence-corrected chi connectivity index (χ4v) is 12.3. The number of methoxy groups -OCH3 is 1. The van der Waals surface area contributed by atoms with Crippen molar-refractivity contribution in [1.82, 2.24) is 20.1 Å². The van der Waals surface area contributed by atoms with Gasteiger partial charge in [0.1, 0.15) is 12.8 Å². The first-order valence-corrected chi connectivity index (χ1v) is 19.3. The van der Waals surface area contributed by atoms with Crippen molar-refractivity contribution in [3.63, 3.8) is 0 Å². The zero-order valence-electron chi connectivity index (χ0n) is 30.3. The van der Waals surface area contributed by atoms with Gasteiger partial charge < -0.3 is 34.1 Å². The molecule has 4 aromatic rings. The van der Waals surface area contributed by atoms with Gasteiger partial charge in [-0.25, -0.2) is 4.79 Å². The second-order valence-corrected chi connectivity index (χ2v) is 16.6. The van der Waals surface area contributed by atoms with Gasteiger partial charge in [-0.1, -0.05) is 17.7 Å². The van der Waals surface area contributed by atoms with Crippen LogP contribution < -0.4 is 19.5 Å². The Morgan fingerprint density at radius 1 is 1.04 bits per heavy atom. The summed E-state index contributed by atoms with van der Waals surface area (Å²) in [6.07, 6.45) is 0.444. The van der Waals surface area contributed by atoms with E-state index >= 15 is 0 Å². The van der Waals surface area contributed by atoms with E-state index in [1.165, 1.54) is 5.56 Å². The van der Waals surface area contributed by atoms with E-state index in [9.17, 15) is 15.0 Å². The molecule has 1 spiro atoms. The van der Waals surface area contributed by atoms with Gasteiger partial charge in [0.15, 0.2) is 28.5 Å². The maximum Gasteiger partial charge on any atom is 0.333 e. The molecule has 272 valence electrons. The monoisotopic (exact) mass is 724 g/mol. The maximum atomic E-state index is 14.7. The molecule has 11 rings (SSSR count). The number of aliphatic hydroxyl groups is 1. The highest BCUT2D eigenvalue weighted by atomic mass is 32.2. The Balaban J connectivity index is 1.22. The van der Waals surface area contributed by atoms with Crippen LogP contribution in [0.15, 0.2) is 24.3 Å². The molecule has 2 fully saturated rings. The predicted molar refractivity (Wildman–Crippen MR) is 196 cm³/mol. The van der Waals surface area contributed by atoms with Crippen molar-refractivity contribution >= 4 is 28.6 Å². The number of piperazine rings is 1. The second-order valence-electron chi connectivity index (χ2n) is 15.5. The van der Waals surface area contributed by atoms with E-state index in [-0.39, 0.29) is 48.5 Å². The molecule has 4 N–H and O–H groups in total. The molecule has 2 saturated heterocycles. The summed E-state index contributed by atoms with van der Waals surface area (Å²) in [5.74, 6) is 2.04. The number of fused-ring (bicyclic) bond motifs is 11. The molecule has 7 aliphatic rings. The number of aromatic amines is 1. The number of benzene rings is 3. The molecule has 8 heterocycles. The normalized spacial score (nSPS) is 30.5. The van der Waals surface area contributed by atoms with E-state index in [1.807, 2.05) is 6.92 Å². The molecule has 0 amide bonds. The lowest BCUT2D eigenvalue weighted by molar-refractivity contribution is -0.186. The summed E-state index contributed by atoms with van der Waals surface area (Å²) < 4.78 is 24.6. The topological polar surface area (TPSA) is 129 Å². The summed E-state index contributed by atoms with van der Waals surface area (Å²) in [7, 11) is 3.65. The Morgan fingerprint density at radius 3 is 2.65 bits per heavy atom. The van der Waals surface area contributed by atoms with Crippen LogP contribution in [0.4, 0.5) is 0 Å². The van der Waals surface area contributed by atoms with Crippen molar-refractivity contribution in [2.45, 2.75) is 81.7 Å². The number of rotatable bonds is 1. The summed E-state index contributed by atoms with van der Waals surface area (Å²) >= 11 is 1.71. The van der Waals surface area contributed by atoms with Crippen LogP contribution in [-0.2, 0) is 27.9 Å². The predicted octanol–water partition coefficient (Wildman–Crippen LogP) is 4.87. The number of H-pyrrole nitrogens is 1. The third-order valence-corrected chi connectivity index (χ3v) is 14.5. The van der Waals surface area contributed by atoms with Gasteiger partial charge in [0.25, 0.3) is 0 Å². The molecule has 11 nitrogen and oxygen atoms in total. The molecule has 4 bridgehead atoms. The number of phenols is 1. The first kappa shape index (κ1) is 32.7. The minimum atomic E-state index is -1.12. The van der Waals surface area contributed by atoms with Crippen molar-refractivity contribution in [2.24, 2.45) is 0 Å². The third-order valence-electron chi connectivity index (χ3n) is 13.0. The third kappa shape index (κ3) is 4.10. The van der Waals surface area contributed by atoms with Crippen LogP contribution in [-0.4, -0.2) is 89.1 Å². The van der Waals surface area contributed by atoms with Crippen molar-refractivity contribution in [3.8, 4) is 23.0 Å². The zero-order valence-corrected chi connectivity index (χ0v) is 31.1. The Bertz CT molecular complexity index is 2220. The van der Waals surface area contributed by atoms with E-state index in [0.717, 1.165) is 67.5 Å². The molecule has 0 saturated carbocycles. The van der Waals surface area contributed by atoms with Crippen molar-refractivity contribution < 1.29 is 34.0 Å². The highest BCUT2D eigenvalue weighted by Crippen LogP contribution is 2.63. The number of carbonyl (C=O) groups excluding carboxylic acids is 1. The van der Waals surface area contributed by atoms with Crippen LogP contribution in [0.25, 0.3) is 10.9 Å². The minimum Gasteiger partial charge on any atom is -0.504 e. The van der Waals surface area contributed by atoms with Crippen LogP contribution in [0.2, 0.25) is 0 Å². The van der Waals surface area contributed by atoms with Crippen LogP contribution in [0, 0.1) is 27.7 Å². The highest BCUT2D eigenvalue weighted by molar-refractivity contribution is 7.99. The number of hydrogen-bond acceptors (Lipinski definition) is 11. The smallest absolute Gasteiger partial charge is 0.333 e. The highest BCUT2D eigenvalue weighted by Gasteiger charge is 2.61. The van der Waals surface area contributed by atoms with E-state index in [1.54, 1.807) is 18.9 Å². The number of aryl methyl sites for hydroxylation is 2. The van der Waals surface area contributed by atoms with Gasteiger partial charge in [-0.2, -0.15) is 0 Å². The minimum absolute atomic E-state index is 0.00634. The Hall–Kier alpha value is -3.94. The molecule has 7 aliphatic heterocycles. The number of aliphatic hydroxyl groups excluding tert-OH is 1. The summed E-state index contributed by atoms with van der Waals surface area (Å²) in [6, 6.07) is 7.07. The van der Waals surface area contributed by atoms with E-state index in [4.69, 9.17) is 18.9 Å². The molecule has 0 unspecified atom stereocenters. The number of phenolic OH excluding ortho intramolecular Hbond substituents is 1. The van der Waals surface area contributed by atoms with E-state index in [2.05, 4.69) is 72.2 Å². The average molecular weight is 725 g/mol. The SMILES string of the molecule is COc1c(C)cc2c(c1O)[C@@H]1[C@@H]3[C@@H]4SC[C@]5(NCCc6c5[nH]c5ccc(C)cc65)C(=O)OC[C@@H](c5c6c(c(C)c(C)c54)OCO6)N3[C@@H](O)[C@@H](C2)N1C. The van der Waals surface area contributed by atoms with Crippen LogP contribution in [0.5, 0.6) is 23.0 Å². The summed E-state index contributed by atoms with van der Waals surface area (Å²) in [5, 5.41) is 29.1. The Morgan fingerprint density at radius 2 is 1.85 bits per heavy atom. The van der Waals surface area contributed by atoms with Crippen LogP contribution in [0.1, 0.15) is 73.1 Å². The largest absolute Gasteiger partial charge is 0.504 e. The van der Waals surface area contributed by atoms with Crippen LogP contribution >= 0.6 is 11.8 Å². The van der Waals surface area contributed by atoms with Gasteiger partial charge >= 0.3 is 5.97 Å². The second kappa shape index (κ2) is 11.3. The maximum absolute atomic E-state index is 14.7. The van der Waals surface area contributed by atoms with Gasteiger partial charge in [0.2, 0.25) is 6.79 Å². The number of nitrogens with one attached hydrogen (secondary N) is 2. The molecule has 3 aromatic carbocycles. The van der Waals surface area contributed by atoms with Gasteiger partial charge in [-0.3, -0.25) is 15.1 Å². The number of esters is 1. The molecule has 7 atom stereocenters. The molecule has 52 heavy (non-hydrogen) atoms. The number of carbonyl (C=O) groups is 1. The number of aromatic hydroxyl groups is 1. The summed E-state index contributed by atoms with van der Waals surface area (Å²) in [6.45, 7) is 9.01. The molecule has 1 aromatic heterocycles. The number of hydrogen-bond donors (Lipinski definition) is 4. The molecule has 12 heteroatoms. The number of thioether (sulfide) groups is 1. The number of likely N-dealkylation sites (N-methyl/N-ethyl adjacent to an activating group) is 1. The van der Waals surface area contributed by atoms with Gasteiger partial charge in [-0.05, 0) is 93.1 Å². The Kier molecular flexibility index (Phi) is 7.09. The number of aromatic nitrogens is 1. The van der Waals surface area contributed by atoms with Crippen molar-refractivity contribution in [3.05, 3.63) is 80.0 Å². The van der Waals surface area contributed by atoms with Crippen LogP contribution in [0.3, 0.4) is 0 Å². The summed E-state index contributed by atoms with van der Waals surface area (Å²) in [5.41, 5.74) is 9.94. The van der Waals surface area contributed by atoms with E-state index < -0.39 is 17.8 Å². The fraction of sp³-hybridized carbons (Fsp3) is 0.475. The molecule has 0 radical (unpaired) electrons. The zero-order chi connectivity index (χ0) is 36.0. The standard InChI is InChI=1S/C40H44N4O7S/c1-17-7-8-24-23(11-17)22-9-10-41-40(37(22)42-24)15-52-36-27-19(3)20(4)34-35(51-16-50-34)29(27)26(14-49-39(40)47)44-31(36)30-28-21(13-25(38(44)46)43(30)5)12-18(2)33(48-6)32(28)45/h7-8,11-12,25-26,30-31,36,38,41-42,45-46H,9-10,13-16H2,1-6H3/t25-,26+,30-,31-,36-,38+,40-/m1/s1. The van der Waals surface area contributed by atoms with Gasteiger partial charge in [0, 0.05) is 45.6 Å². The van der Waals surface area contributed by atoms with E-state index in [0.29, 0.717) is 36.0 Å². The lowest BCUT2D eigenvalue weighted by Crippen LogP contribution is -2.70. The van der Waals surface area contributed by atoms with Crippen molar-refractivity contribution in [1.29, 1.82) is 0 Å². The van der Waals surface area contributed by atoms with Crippen molar-refractivity contribution in [2.75, 3.05) is 39.9 Å². The molecular formula is C40H44N4O7S. The average Bonchev–Trinajstić information content (AvgIpc) is 3.76. The van der Waals surface area contributed by atoms with Gasteiger partial charge in [-0.15, -0.1) is 11.8 Å². The van der Waals surface area contributed by atoms with Gasteiger partial charge in [0.05, 0.1) is 30.9 Å². The lowest BCUT2D eigenvalue weighted by atomic mass is 9.72. The fourth-order valence-electron chi connectivity index (χ4n) is 10.5. The number of nitrogens with zero attached hydrogens (tertiary/aromatic N) is 2. The molecule has 0 aliphatic carbocycles. The Labute approximate surface area is 306 Å². The summed E-state index contributed by atoms with van der Waals surface area (Å²) in [4.78, 5) is 22.8. The quantitative estimate of drug-likeness (QED) is 0.201. The molecular weight excluding hydrogens is 681 g/mol. The number of ether oxygens (including phenoxy) is 4. The lowest BCUT2D eigenvalue weighted by Gasteiger charge is -2.62. The first-order chi connectivity index (χ1) is 25.1. The first-order valence-electron chi connectivity index (χ1n) is 18.2.